The highest BCUT2D eigenvalue weighted by Crippen LogP contribution is 2.50. The highest BCUT2D eigenvalue weighted by molar-refractivity contribution is 7.25. The Bertz CT molecular complexity index is 3060. The van der Waals surface area contributed by atoms with Gasteiger partial charge in [0.15, 0.2) is 0 Å². The van der Waals surface area contributed by atoms with Crippen LogP contribution in [0.1, 0.15) is 57.3 Å². The van der Waals surface area contributed by atoms with Crippen molar-refractivity contribution >= 4 is 126 Å². The molecule has 0 N–H and O–H groups in total. The number of fused-ring (bicyclic) bond motifs is 2. The molecule has 312 valence electrons. The Morgan fingerprint density at radius 2 is 0.938 bits per heavy atom. The van der Waals surface area contributed by atoms with E-state index in [9.17, 15) is 20.1 Å². The van der Waals surface area contributed by atoms with Gasteiger partial charge in [-0.05, 0) is 120 Å². The van der Waals surface area contributed by atoms with Crippen molar-refractivity contribution in [2.45, 2.75) is 26.7 Å². The fraction of sp³-hybridized carbons (Fsp3) is 0.115. The Hall–Kier alpha value is -6.22. The average Bonchev–Trinajstić information content (AvgIpc) is 4.17. The quantitative estimate of drug-likeness (QED) is 0.0902. The zero-order chi connectivity index (χ0) is 43.9. The Morgan fingerprint density at radius 3 is 1.33 bits per heavy atom. The van der Waals surface area contributed by atoms with E-state index >= 15 is 0 Å². The molecule has 64 heavy (non-hydrogen) atoms. The molecule has 6 nitrogen and oxygen atoms in total. The maximum Gasteiger partial charge on any atom is 0.259 e. The zero-order valence-corrected chi connectivity index (χ0v) is 39.5. The maximum atomic E-state index is 14.6. The molecule has 2 aliphatic heterocycles. The van der Waals surface area contributed by atoms with Crippen molar-refractivity contribution in [3.63, 3.8) is 0 Å². The van der Waals surface area contributed by atoms with Crippen LogP contribution in [-0.2, 0) is 9.59 Å². The molecule has 0 unspecified atom stereocenters. The van der Waals surface area contributed by atoms with E-state index in [1.54, 1.807) is 68.0 Å². The summed E-state index contributed by atoms with van der Waals surface area (Å²) < 4.78 is 0. The first-order valence-electron chi connectivity index (χ1n) is 20.7. The number of nitriles is 2. The number of nitrogens with zero attached hydrogens (tertiary/aromatic N) is 4. The van der Waals surface area contributed by atoms with E-state index in [-0.39, 0.29) is 11.8 Å². The third-order valence-electron chi connectivity index (χ3n) is 11.1. The minimum atomic E-state index is -0.138. The standard InChI is InChI=1S/C52H36N4O2S6/c1-3-21-55-39-27-31(43-17-19-47(63-43)45-15-11-35(61-45)25-33(29-53)41-7-5-23-59-41)9-13-37(39)49(51(55)57)50-38-14-10-32(28-40(38)56(22-4-2)52(50)58)44-18-20-48(64-44)46-16-12-36(62-46)26-34(30-54)42-8-6-24-60-42/h5-20,23-28H,3-4,21-22H2,1-2H3/b33-25+,34-26+,50-49+. The van der Waals surface area contributed by atoms with Crippen molar-refractivity contribution in [3.05, 3.63) is 151 Å². The number of anilines is 2. The van der Waals surface area contributed by atoms with Crippen LogP contribution in [0.3, 0.4) is 0 Å². The second-order valence-electron chi connectivity index (χ2n) is 15.2. The second kappa shape index (κ2) is 17.7. The fourth-order valence-corrected chi connectivity index (χ4v) is 13.6. The van der Waals surface area contributed by atoms with Crippen LogP contribution in [0.4, 0.5) is 11.4 Å². The molecule has 0 atom stereocenters. The summed E-state index contributed by atoms with van der Waals surface area (Å²) in [6, 6.07) is 41.8. The molecule has 8 heterocycles. The van der Waals surface area contributed by atoms with Crippen LogP contribution in [0.5, 0.6) is 0 Å². The lowest BCUT2D eigenvalue weighted by molar-refractivity contribution is -0.114. The molecule has 6 aromatic heterocycles. The predicted octanol–water partition coefficient (Wildman–Crippen LogP) is 15.3. The van der Waals surface area contributed by atoms with E-state index in [2.05, 4.69) is 98.8 Å². The van der Waals surface area contributed by atoms with E-state index in [0.717, 1.165) is 95.2 Å². The van der Waals surface area contributed by atoms with Gasteiger partial charge >= 0.3 is 0 Å². The minimum absolute atomic E-state index is 0.138. The topological polar surface area (TPSA) is 88.2 Å². The first kappa shape index (κ1) is 41.8. The molecule has 0 saturated heterocycles. The summed E-state index contributed by atoms with van der Waals surface area (Å²) in [6.07, 6.45) is 5.45. The van der Waals surface area contributed by atoms with Gasteiger partial charge < -0.3 is 9.80 Å². The molecule has 0 saturated carbocycles. The summed E-state index contributed by atoms with van der Waals surface area (Å²) >= 11 is 9.85. The van der Waals surface area contributed by atoms with Gasteiger partial charge in [0.1, 0.15) is 12.1 Å². The van der Waals surface area contributed by atoms with E-state index in [4.69, 9.17) is 0 Å². The molecule has 8 aromatic rings. The van der Waals surface area contributed by atoms with E-state index < -0.39 is 0 Å². The van der Waals surface area contributed by atoms with Crippen molar-refractivity contribution in [1.29, 1.82) is 10.5 Å². The number of hydrogen-bond donors (Lipinski definition) is 0. The van der Waals surface area contributed by atoms with Crippen molar-refractivity contribution < 1.29 is 9.59 Å². The molecular weight excluding hydrogens is 905 g/mol. The summed E-state index contributed by atoms with van der Waals surface area (Å²) in [5.41, 5.74) is 7.53. The molecule has 2 aliphatic rings. The number of benzene rings is 2. The first-order chi connectivity index (χ1) is 31.3. The predicted molar refractivity (Wildman–Crippen MR) is 274 cm³/mol. The van der Waals surface area contributed by atoms with Crippen LogP contribution < -0.4 is 9.80 Å². The summed E-state index contributed by atoms with van der Waals surface area (Å²) in [6.45, 7) is 5.22. The molecule has 0 bridgehead atoms. The Morgan fingerprint density at radius 1 is 0.531 bits per heavy atom. The largest absolute Gasteiger partial charge is 0.308 e. The smallest absolute Gasteiger partial charge is 0.259 e. The van der Waals surface area contributed by atoms with Gasteiger partial charge in [0.2, 0.25) is 0 Å². The van der Waals surface area contributed by atoms with Gasteiger partial charge in [-0.25, -0.2) is 0 Å². The zero-order valence-electron chi connectivity index (χ0n) is 34.6. The molecule has 0 aliphatic carbocycles. The number of rotatable bonds is 12. The third kappa shape index (κ3) is 7.66. The van der Waals surface area contributed by atoms with Crippen LogP contribution >= 0.6 is 68.0 Å². The summed E-state index contributed by atoms with van der Waals surface area (Å²) in [7, 11) is 0. The number of allylic oxidation sites excluding steroid dienone is 2. The van der Waals surface area contributed by atoms with Gasteiger partial charge in [-0.3, -0.25) is 9.59 Å². The second-order valence-corrected chi connectivity index (χ2v) is 21.4. The lowest BCUT2D eigenvalue weighted by atomic mass is 9.95. The molecule has 10 rings (SSSR count). The average molecular weight is 941 g/mol. The van der Waals surface area contributed by atoms with Crippen LogP contribution in [0.2, 0.25) is 0 Å². The summed E-state index contributed by atoms with van der Waals surface area (Å²) in [4.78, 5) is 43.6. The summed E-state index contributed by atoms with van der Waals surface area (Å²) in [5, 5.41) is 23.5. The highest BCUT2D eigenvalue weighted by atomic mass is 32.1. The molecule has 12 heteroatoms. The molecule has 0 radical (unpaired) electrons. The fourth-order valence-electron chi connectivity index (χ4n) is 8.17. The van der Waals surface area contributed by atoms with Crippen molar-refractivity contribution in [1.82, 2.24) is 0 Å². The Balaban J connectivity index is 0.960. The molecular formula is C52H36N4O2S6. The maximum absolute atomic E-state index is 14.6. The third-order valence-corrected chi connectivity index (χ3v) is 17.6. The molecule has 0 fully saturated rings. The highest BCUT2D eigenvalue weighted by Gasteiger charge is 2.42. The Kier molecular flexibility index (Phi) is 11.6. The van der Waals surface area contributed by atoms with Crippen LogP contribution in [-0.4, -0.2) is 24.9 Å². The van der Waals surface area contributed by atoms with Crippen LogP contribution in [0.25, 0.3) is 74.8 Å². The van der Waals surface area contributed by atoms with Crippen LogP contribution in [0.15, 0.2) is 120 Å². The van der Waals surface area contributed by atoms with E-state index in [0.29, 0.717) is 35.4 Å². The number of amides is 2. The van der Waals surface area contributed by atoms with Crippen molar-refractivity contribution in [2.24, 2.45) is 0 Å². The van der Waals surface area contributed by atoms with Gasteiger partial charge in [0, 0.05) is 73.0 Å². The monoisotopic (exact) mass is 940 g/mol. The molecule has 0 spiro atoms. The van der Waals surface area contributed by atoms with Crippen molar-refractivity contribution in [2.75, 3.05) is 22.9 Å². The Labute approximate surface area is 395 Å². The number of carbonyl (C=O) groups excluding carboxylic acids is 2. The van der Waals surface area contributed by atoms with Gasteiger partial charge in [-0.1, -0.05) is 50.2 Å². The lowest BCUT2D eigenvalue weighted by Gasteiger charge is -2.17. The number of thiophene rings is 6. The SMILES string of the molecule is CCCN1C(=O)/C(=C2/C(=O)N(CCC)c3cc(-c4ccc(-c5ccc(/C=C(\C#N)c6cccs6)s5)s4)ccc32)c2ccc(-c3ccc(-c4ccc(/C=C(\C#N)c5cccs5)s4)s3)cc21. The van der Waals surface area contributed by atoms with Gasteiger partial charge in [0.05, 0.1) is 33.7 Å². The normalized spacial score (nSPS) is 14.9. The summed E-state index contributed by atoms with van der Waals surface area (Å²) in [5.74, 6) is -0.275. The minimum Gasteiger partial charge on any atom is -0.308 e. The van der Waals surface area contributed by atoms with Gasteiger partial charge in [-0.2, -0.15) is 10.5 Å². The van der Waals surface area contributed by atoms with Crippen molar-refractivity contribution in [3.8, 4) is 52.5 Å². The number of carbonyl (C=O) groups is 2. The number of hydrogen-bond acceptors (Lipinski definition) is 10. The van der Waals surface area contributed by atoms with E-state index in [1.165, 1.54) is 0 Å². The van der Waals surface area contributed by atoms with Crippen LogP contribution in [0, 0.1) is 22.7 Å². The molecule has 2 aromatic carbocycles. The lowest BCUT2D eigenvalue weighted by Crippen LogP contribution is -2.29. The molecule has 2 amide bonds. The van der Waals surface area contributed by atoms with Gasteiger partial charge in [0.25, 0.3) is 11.8 Å². The van der Waals surface area contributed by atoms with Gasteiger partial charge in [-0.15, -0.1) is 68.0 Å². The van der Waals surface area contributed by atoms with E-state index in [1.807, 2.05) is 69.1 Å². The first-order valence-corrected chi connectivity index (χ1v) is 25.8.